The van der Waals surface area contributed by atoms with Crippen molar-refractivity contribution in [2.75, 3.05) is 31.1 Å². The van der Waals surface area contributed by atoms with Crippen LogP contribution in [-0.2, 0) is 4.79 Å². The van der Waals surface area contributed by atoms with Gasteiger partial charge >= 0.3 is 0 Å². The molecule has 2 heterocycles. The summed E-state index contributed by atoms with van der Waals surface area (Å²) in [6.07, 6.45) is 4.05. The number of hydrogen-bond acceptors (Lipinski definition) is 2. The predicted octanol–water partition coefficient (Wildman–Crippen LogP) is 4.96. The van der Waals surface area contributed by atoms with Gasteiger partial charge < -0.3 is 9.80 Å². The van der Waals surface area contributed by atoms with E-state index in [0.717, 1.165) is 56.9 Å². The molecule has 0 atom stereocenters. The minimum atomic E-state index is 0.182. The third kappa shape index (κ3) is 4.30. The van der Waals surface area contributed by atoms with Crippen LogP contribution in [0.2, 0.25) is 5.02 Å². The number of nitrogens with zero attached hydrogens (tertiary/aromatic N) is 2. The molecule has 3 nitrogen and oxygen atoms in total. The van der Waals surface area contributed by atoms with Crippen LogP contribution in [0.15, 0.2) is 54.6 Å². The first kappa shape index (κ1) is 18.4. The zero-order valence-corrected chi connectivity index (χ0v) is 16.4. The van der Waals surface area contributed by atoms with Crippen LogP contribution in [0.5, 0.6) is 0 Å². The second-order valence-corrected chi connectivity index (χ2v) is 8.18. The van der Waals surface area contributed by atoms with E-state index in [-0.39, 0.29) is 5.92 Å². The molecule has 27 heavy (non-hydrogen) atoms. The minimum Gasteiger partial charge on any atom is -0.371 e. The first-order valence-corrected chi connectivity index (χ1v) is 10.4. The predicted molar refractivity (Wildman–Crippen MR) is 111 cm³/mol. The van der Waals surface area contributed by atoms with Gasteiger partial charge in [-0.25, -0.2) is 0 Å². The molecule has 0 unspecified atom stereocenters. The van der Waals surface area contributed by atoms with Crippen LogP contribution in [0.4, 0.5) is 5.69 Å². The van der Waals surface area contributed by atoms with Gasteiger partial charge in [0.05, 0.1) is 0 Å². The fraction of sp³-hybridized carbons (Fsp3) is 0.435. The van der Waals surface area contributed by atoms with E-state index in [9.17, 15) is 4.79 Å². The van der Waals surface area contributed by atoms with Gasteiger partial charge in [0.1, 0.15) is 0 Å². The van der Waals surface area contributed by atoms with Crippen molar-refractivity contribution in [2.24, 2.45) is 5.92 Å². The van der Waals surface area contributed by atoms with Crippen molar-refractivity contribution < 1.29 is 4.79 Å². The Hall–Kier alpha value is -2.00. The minimum absolute atomic E-state index is 0.182. The molecule has 0 N–H and O–H groups in total. The smallest absolute Gasteiger partial charge is 0.225 e. The largest absolute Gasteiger partial charge is 0.371 e. The molecule has 2 aromatic rings. The molecule has 2 aliphatic rings. The number of carbonyl (C=O) groups is 1. The van der Waals surface area contributed by atoms with Gasteiger partial charge in [0.2, 0.25) is 5.91 Å². The molecule has 0 spiro atoms. The van der Waals surface area contributed by atoms with E-state index in [2.05, 4.69) is 52.3 Å². The molecule has 2 saturated heterocycles. The molecule has 2 fully saturated rings. The third-order valence-corrected chi connectivity index (χ3v) is 6.37. The van der Waals surface area contributed by atoms with E-state index >= 15 is 0 Å². The number of anilines is 1. The number of likely N-dealkylation sites (tertiary alicyclic amines) is 1. The highest BCUT2D eigenvalue weighted by molar-refractivity contribution is 6.30. The maximum atomic E-state index is 13.0. The normalized spacial score (nSPS) is 19.3. The molecular formula is C23H27ClN2O. The summed E-state index contributed by atoms with van der Waals surface area (Å²) in [5.74, 6) is 1.15. The second kappa shape index (κ2) is 8.35. The van der Waals surface area contributed by atoms with Gasteiger partial charge in [-0.1, -0.05) is 41.9 Å². The summed E-state index contributed by atoms with van der Waals surface area (Å²) >= 11 is 5.98. The zero-order chi connectivity index (χ0) is 18.6. The van der Waals surface area contributed by atoms with E-state index in [1.165, 1.54) is 11.3 Å². The van der Waals surface area contributed by atoms with Gasteiger partial charge in [0.15, 0.2) is 0 Å². The van der Waals surface area contributed by atoms with Crippen LogP contribution < -0.4 is 4.90 Å². The van der Waals surface area contributed by atoms with E-state index in [0.29, 0.717) is 11.8 Å². The fourth-order valence-corrected chi connectivity index (χ4v) is 4.58. The number of halogens is 1. The Balaban J connectivity index is 1.28. The van der Waals surface area contributed by atoms with Crippen LogP contribution in [-0.4, -0.2) is 37.0 Å². The molecule has 1 amide bonds. The molecule has 0 aromatic heterocycles. The molecule has 4 rings (SSSR count). The second-order valence-electron chi connectivity index (χ2n) is 7.75. The summed E-state index contributed by atoms with van der Waals surface area (Å²) < 4.78 is 0. The summed E-state index contributed by atoms with van der Waals surface area (Å²) in [7, 11) is 0. The average Bonchev–Trinajstić information content (AvgIpc) is 2.75. The molecule has 0 bridgehead atoms. The number of rotatable bonds is 3. The zero-order valence-electron chi connectivity index (χ0n) is 15.7. The highest BCUT2D eigenvalue weighted by atomic mass is 35.5. The van der Waals surface area contributed by atoms with Crippen LogP contribution in [0.3, 0.4) is 0 Å². The van der Waals surface area contributed by atoms with Crippen molar-refractivity contribution in [2.45, 2.75) is 31.6 Å². The Kier molecular flexibility index (Phi) is 5.68. The quantitative estimate of drug-likeness (QED) is 0.748. The van der Waals surface area contributed by atoms with E-state index in [1.807, 2.05) is 12.1 Å². The van der Waals surface area contributed by atoms with Crippen LogP contribution in [0, 0.1) is 5.92 Å². The van der Waals surface area contributed by atoms with E-state index < -0.39 is 0 Å². The summed E-state index contributed by atoms with van der Waals surface area (Å²) in [5.41, 5.74) is 2.62. The summed E-state index contributed by atoms with van der Waals surface area (Å²) in [5, 5.41) is 0.766. The van der Waals surface area contributed by atoms with Gasteiger partial charge in [0, 0.05) is 42.8 Å². The van der Waals surface area contributed by atoms with Gasteiger partial charge in [-0.05, 0) is 61.4 Å². The molecule has 2 aliphatic heterocycles. The lowest BCUT2D eigenvalue weighted by Gasteiger charge is -2.38. The van der Waals surface area contributed by atoms with Crippen molar-refractivity contribution in [1.29, 1.82) is 0 Å². The maximum Gasteiger partial charge on any atom is 0.225 e. The Morgan fingerprint density at radius 1 is 0.815 bits per heavy atom. The highest BCUT2D eigenvalue weighted by Gasteiger charge is 2.31. The summed E-state index contributed by atoms with van der Waals surface area (Å²) in [6.45, 7) is 3.68. The molecule has 142 valence electrons. The number of amides is 1. The lowest BCUT2D eigenvalue weighted by molar-refractivity contribution is -0.137. The number of hydrogen-bond donors (Lipinski definition) is 0. The van der Waals surface area contributed by atoms with Crippen molar-refractivity contribution in [3.8, 4) is 0 Å². The topological polar surface area (TPSA) is 23.6 Å². The van der Waals surface area contributed by atoms with Crippen LogP contribution in [0.25, 0.3) is 0 Å². The average molecular weight is 383 g/mol. The molecule has 0 aliphatic carbocycles. The van der Waals surface area contributed by atoms with E-state index in [1.54, 1.807) is 0 Å². The first-order chi connectivity index (χ1) is 13.2. The molecule has 0 saturated carbocycles. The molecule has 2 aromatic carbocycles. The lowest BCUT2D eigenvalue weighted by atomic mass is 9.88. The van der Waals surface area contributed by atoms with Crippen molar-refractivity contribution in [3.05, 3.63) is 65.2 Å². The molecule has 0 radical (unpaired) electrons. The monoisotopic (exact) mass is 382 g/mol. The Morgan fingerprint density at radius 3 is 2.07 bits per heavy atom. The van der Waals surface area contributed by atoms with E-state index in [4.69, 9.17) is 11.6 Å². The van der Waals surface area contributed by atoms with Gasteiger partial charge in [-0.3, -0.25) is 4.79 Å². The molecule has 4 heteroatoms. The summed E-state index contributed by atoms with van der Waals surface area (Å²) in [4.78, 5) is 17.5. The molecular weight excluding hydrogens is 356 g/mol. The van der Waals surface area contributed by atoms with Gasteiger partial charge in [-0.15, -0.1) is 0 Å². The SMILES string of the molecule is O=C(C1CCN(c2ccc(Cl)cc2)CC1)N1CCC(c2ccccc2)CC1. The fourth-order valence-electron chi connectivity index (χ4n) is 4.45. The maximum absolute atomic E-state index is 13.0. The standard InChI is InChI=1S/C23H27ClN2O/c24-21-6-8-22(9-7-21)25-14-12-20(13-15-25)23(27)26-16-10-19(11-17-26)18-4-2-1-3-5-18/h1-9,19-20H,10-17H2. The van der Waals surface area contributed by atoms with Crippen molar-refractivity contribution in [3.63, 3.8) is 0 Å². The number of carbonyl (C=O) groups excluding carboxylic acids is 1. The van der Waals surface area contributed by atoms with Crippen LogP contribution in [0.1, 0.15) is 37.2 Å². The Labute approximate surface area is 166 Å². The summed E-state index contributed by atoms with van der Waals surface area (Å²) in [6, 6.07) is 18.7. The number of benzene rings is 2. The van der Waals surface area contributed by atoms with Gasteiger partial charge in [-0.2, -0.15) is 0 Å². The van der Waals surface area contributed by atoms with Crippen molar-refractivity contribution >= 4 is 23.2 Å². The van der Waals surface area contributed by atoms with Crippen molar-refractivity contribution in [1.82, 2.24) is 4.90 Å². The number of piperidine rings is 2. The lowest BCUT2D eigenvalue weighted by Crippen LogP contribution is -2.45. The Morgan fingerprint density at radius 2 is 1.44 bits per heavy atom. The third-order valence-electron chi connectivity index (χ3n) is 6.11. The van der Waals surface area contributed by atoms with Gasteiger partial charge in [0.25, 0.3) is 0 Å². The van der Waals surface area contributed by atoms with Crippen LogP contribution >= 0.6 is 11.6 Å². The first-order valence-electron chi connectivity index (χ1n) is 10.0. The Bertz CT molecular complexity index is 746. The highest BCUT2D eigenvalue weighted by Crippen LogP contribution is 2.30.